The zero-order chi connectivity index (χ0) is 53.1. The molecule has 40 heteroatoms. The number of H-pyrrole nitrogens is 2. The van der Waals surface area contributed by atoms with E-state index in [0.29, 0.717) is 0 Å². The summed E-state index contributed by atoms with van der Waals surface area (Å²) in [6.07, 6.45) is -13.0. The van der Waals surface area contributed by atoms with Gasteiger partial charge in [0, 0.05) is 25.3 Å². The van der Waals surface area contributed by atoms with Crippen molar-refractivity contribution < 1.29 is 103 Å². The quantitative estimate of drug-likeness (QED) is 0.0263. The highest BCUT2D eigenvalue weighted by Gasteiger charge is 2.53. The van der Waals surface area contributed by atoms with Gasteiger partial charge in [-0.05, 0) is 6.42 Å². The SMILES string of the molecule is CC[C@@H]1[C@@H](COP(=O)(O)OP(=O)(O)OP(=O)(O)OC[C@H]2O[C@@H](n3cnc4c(N)ncnc43)[C@H](OC)[C@@H]2OP(=O)([O-])OC[C@H]2O[C@@H](n3ccc(=O)[nH]c3=O)[C@H](O)[C@@H]2O)OC([n+]2cn(C)c3c(=O)[nH]c(N)nc32)[C@@H]1O. The van der Waals surface area contributed by atoms with Crippen molar-refractivity contribution in [3.8, 4) is 0 Å². The largest absolute Gasteiger partial charge is 0.756 e. The molecule has 5 aromatic rings. The number of aliphatic hydroxyl groups excluding tert-OH is 3. The molecule has 73 heavy (non-hydrogen) atoms. The molecule has 3 fully saturated rings. The minimum Gasteiger partial charge on any atom is -0.756 e. The van der Waals surface area contributed by atoms with Crippen LogP contribution in [0.1, 0.15) is 32.0 Å². The number of phosphoric ester groups is 3. The Kier molecular flexibility index (Phi) is 15.6. The number of nitrogens with one attached hydrogen (secondary N) is 2. The molecular weight excluding hydrogens is 1070 g/mol. The average molecular weight is 1120 g/mol. The van der Waals surface area contributed by atoms with E-state index < -0.39 is 141 Å². The molecule has 8 heterocycles. The number of ether oxygens (including phenoxy) is 4. The molecule has 0 radical (unpaired) electrons. The van der Waals surface area contributed by atoms with Gasteiger partial charge in [-0.25, -0.2) is 38.0 Å². The van der Waals surface area contributed by atoms with Gasteiger partial charge < -0.3 is 74.4 Å². The summed E-state index contributed by atoms with van der Waals surface area (Å²) in [6, 6.07) is 0.918. The summed E-state index contributed by atoms with van der Waals surface area (Å²) in [5.41, 5.74) is 9.31. The Labute approximate surface area is 406 Å². The first-order valence-corrected chi connectivity index (χ1v) is 27.0. The Hall–Kier alpha value is -4.58. The van der Waals surface area contributed by atoms with Crippen LogP contribution in [0.4, 0.5) is 11.8 Å². The lowest BCUT2D eigenvalue weighted by atomic mass is 9.95. The number of hydrogen-bond donors (Lipinski definition) is 10. The Morgan fingerprint density at radius 2 is 1.48 bits per heavy atom. The third-order valence-electron chi connectivity index (χ3n) is 11.6. The zero-order valence-electron chi connectivity index (χ0n) is 37.7. The first kappa shape index (κ1) is 54.7. The number of phosphoric acid groups is 4. The Balaban J connectivity index is 0.935. The van der Waals surface area contributed by atoms with Crippen LogP contribution in [0.3, 0.4) is 0 Å². The highest BCUT2D eigenvalue weighted by Crippen LogP contribution is 2.68. The second-order valence-electron chi connectivity index (χ2n) is 16.3. The van der Waals surface area contributed by atoms with E-state index in [4.69, 9.17) is 48.5 Å². The number of fused-ring (bicyclic) bond motifs is 2. The van der Waals surface area contributed by atoms with Gasteiger partial charge in [-0.15, -0.1) is 0 Å². The van der Waals surface area contributed by atoms with E-state index in [1.54, 1.807) is 6.92 Å². The fourth-order valence-corrected chi connectivity index (χ4v) is 12.8. The molecule has 0 spiro atoms. The number of aliphatic hydroxyl groups is 3. The highest BCUT2D eigenvalue weighted by atomic mass is 31.3. The maximum absolute atomic E-state index is 13.5. The number of aryl methyl sites for hydroxylation is 1. The van der Waals surface area contributed by atoms with Crippen LogP contribution in [0, 0.1) is 5.92 Å². The van der Waals surface area contributed by atoms with E-state index in [-0.39, 0.29) is 40.5 Å². The van der Waals surface area contributed by atoms with Crippen molar-refractivity contribution in [2.75, 3.05) is 38.4 Å². The number of nitrogen functional groups attached to an aromatic ring is 2. The Bertz CT molecular complexity index is 3240. The molecule has 0 bridgehead atoms. The molecule has 0 aliphatic carbocycles. The number of aromatic nitrogens is 10. The molecule has 0 aromatic carbocycles. The predicted molar refractivity (Wildman–Crippen MR) is 233 cm³/mol. The van der Waals surface area contributed by atoms with Crippen molar-refractivity contribution in [3.05, 3.63) is 62.4 Å². The van der Waals surface area contributed by atoms with Gasteiger partial charge in [-0.1, -0.05) is 11.9 Å². The van der Waals surface area contributed by atoms with Crippen LogP contribution in [-0.4, -0.2) is 149 Å². The maximum atomic E-state index is 13.5. The van der Waals surface area contributed by atoms with Gasteiger partial charge in [0.2, 0.25) is 11.7 Å². The lowest BCUT2D eigenvalue weighted by Crippen LogP contribution is -2.45. The lowest BCUT2D eigenvalue weighted by molar-refractivity contribution is -0.745. The first-order chi connectivity index (χ1) is 34.2. The monoisotopic (exact) mass is 1120 g/mol. The maximum Gasteiger partial charge on any atom is 0.490 e. The third-order valence-corrected chi connectivity index (χ3v) is 16.8. The van der Waals surface area contributed by atoms with Gasteiger partial charge in [-0.3, -0.25) is 46.9 Å². The van der Waals surface area contributed by atoms with Crippen LogP contribution < -0.4 is 37.7 Å². The summed E-state index contributed by atoms with van der Waals surface area (Å²) < 4.78 is 109. The van der Waals surface area contributed by atoms with Crippen LogP contribution >= 0.6 is 31.3 Å². The number of nitrogens with two attached hydrogens (primary N) is 2. The van der Waals surface area contributed by atoms with E-state index in [2.05, 4.69) is 33.5 Å². The summed E-state index contributed by atoms with van der Waals surface area (Å²) in [5, 5.41) is 32.4. The van der Waals surface area contributed by atoms with Crippen LogP contribution in [-0.2, 0) is 71.0 Å². The molecule has 5 unspecified atom stereocenters. The number of imidazole rings is 2. The fourth-order valence-electron chi connectivity index (χ4n) is 8.37. The van der Waals surface area contributed by atoms with E-state index in [1.165, 1.54) is 27.1 Å². The second kappa shape index (κ2) is 20.9. The molecule has 3 aliphatic rings. The van der Waals surface area contributed by atoms with Gasteiger partial charge in [-0.2, -0.15) is 8.62 Å². The molecule has 3 aliphatic heterocycles. The fraction of sp³-hybridized carbons (Fsp3) is 0.576. The van der Waals surface area contributed by atoms with Crippen molar-refractivity contribution >= 4 is 65.4 Å². The third kappa shape index (κ3) is 11.5. The average Bonchev–Trinajstić information content (AvgIpc) is 4.09. The smallest absolute Gasteiger partial charge is 0.490 e. The molecule has 5 aromatic heterocycles. The van der Waals surface area contributed by atoms with Gasteiger partial charge in [0.1, 0.15) is 54.6 Å². The molecule has 3 saturated heterocycles. The molecule has 402 valence electrons. The Morgan fingerprint density at radius 3 is 2.14 bits per heavy atom. The van der Waals surface area contributed by atoms with Gasteiger partial charge in [0.25, 0.3) is 24.9 Å². The van der Waals surface area contributed by atoms with Crippen molar-refractivity contribution in [1.29, 1.82) is 0 Å². The topological polar surface area (TPSA) is 510 Å². The number of methoxy groups -OCH3 is 1. The lowest BCUT2D eigenvalue weighted by Gasteiger charge is -2.31. The molecule has 0 saturated carbocycles. The molecule has 12 N–H and O–H groups in total. The molecule has 36 nitrogen and oxygen atoms in total. The van der Waals surface area contributed by atoms with Crippen LogP contribution in [0.25, 0.3) is 22.3 Å². The zero-order valence-corrected chi connectivity index (χ0v) is 41.3. The van der Waals surface area contributed by atoms with E-state index in [1.807, 2.05) is 4.98 Å². The van der Waals surface area contributed by atoms with Crippen molar-refractivity contribution in [1.82, 2.24) is 43.6 Å². The normalized spacial score (nSPS) is 30.9. The first-order valence-electron chi connectivity index (χ1n) is 21.1. The number of nitrogens with zero attached hydrogens (tertiary/aromatic N) is 8. The molecule has 0 amide bonds. The van der Waals surface area contributed by atoms with Crippen LogP contribution in [0.5, 0.6) is 0 Å². The van der Waals surface area contributed by atoms with Gasteiger partial charge >= 0.3 is 34.8 Å². The highest BCUT2D eigenvalue weighted by molar-refractivity contribution is 7.66. The van der Waals surface area contributed by atoms with Crippen molar-refractivity contribution in [3.63, 3.8) is 0 Å². The second-order valence-corrected chi connectivity index (χ2v) is 22.3. The van der Waals surface area contributed by atoms with Crippen molar-refractivity contribution in [2.45, 2.75) is 80.9 Å². The van der Waals surface area contributed by atoms with Gasteiger partial charge in [0.15, 0.2) is 30.2 Å². The van der Waals surface area contributed by atoms with Crippen LogP contribution in [0.2, 0.25) is 0 Å². The van der Waals surface area contributed by atoms with Crippen LogP contribution in [0.15, 0.2) is 45.6 Å². The van der Waals surface area contributed by atoms with E-state index >= 15 is 0 Å². The van der Waals surface area contributed by atoms with Gasteiger partial charge in [0.05, 0.1) is 39.3 Å². The molecule has 16 atom stereocenters. The summed E-state index contributed by atoms with van der Waals surface area (Å²) in [6.45, 7) is -1.60. The number of hydrogen-bond acceptors (Lipinski definition) is 27. The number of anilines is 2. The summed E-state index contributed by atoms with van der Waals surface area (Å²) in [5.74, 6) is -1.18. The predicted octanol–water partition coefficient (Wildman–Crippen LogP) is -3.84. The summed E-state index contributed by atoms with van der Waals surface area (Å²) in [4.78, 5) is 102. The molecule has 8 rings (SSSR count). The minimum absolute atomic E-state index is 0.00111. The van der Waals surface area contributed by atoms with E-state index in [9.17, 15) is 67.5 Å². The molecular formula is C33H46N12O24P4. The standard InChI is InChI=1S/C33H46N12O24P4/c1-4-13-14(64-29(20(13)47)45-12-42(2)19-27(45)40-32(35)41-28(19)50)7-62-71(54,55)68-73(58,59)69-72(56,57)63-9-16-23(24(60-3)31(66-16)44-11-38-18-25(34)36-10-37-26(18)44)67-70(52,53)61-8-15-21(48)22(49)30(65-15)43-6-5-17(46)39-33(43)51/h5-6,10-16,20-24,29-31,47-49H,4,7-9H2,1-3H3,(H9-,34,35,36,37,39,40,41,46,50,51,52,53,54,55,56,57,58,59)/t13-,14-,15-,16-,20-,21-,22-,23-,24-,29?,30-,31-/m1/s1. The Morgan fingerprint density at radius 1 is 0.822 bits per heavy atom. The number of rotatable bonds is 20. The number of aromatic amines is 2. The summed E-state index contributed by atoms with van der Waals surface area (Å²) >= 11 is 0. The summed E-state index contributed by atoms with van der Waals surface area (Å²) in [7, 11) is -20.9. The minimum atomic E-state index is -6.16. The van der Waals surface area contributed by atoms with Crippen molar-refractivity contribution in [2.24, 2.45) is 13.0 Å². The van der Waals surface area contributed by atoms with E-state index in [0.717, 1.165) is 36.6 Å².